The molecule has 0 saturated carbocycles. The summed E-state index contributed by atoms with van der Waals surface area (Å²) in [7, 11) is 0. The fourth-order valence-electron chi connectivity index (χ4n) is 5.33. The van der Waals surface area contributed by atoms with Crippen molar-refractivity contribution in [2.75, 3.05) is 19.8 Å². The van der Waals surface area contributed by atoms with Crippen molar-refractivity contribution >= 4 is 11.9 Å². The number of hydrogen-bond donors (Lipinski definition) is 0. The molecule has 0 amide bonds. The van der Waals surface area contributed by atoms with Crippen LogP contribution in [0, 0.1) is 0 Å². The van der Waals surface area contributed by atoms with E-state index in [4.69, 9.17) is 14.2 Å². The molecule has 42 heavy (non-hydrogen) atoms. The summed E-state index contributed by atoms with van der Waals surface area (Å²) in [6.45, 7) is 7.77. The van der Waals surface area contributed by atoms with Crippen LogP contribution in [0.2, 0.25) is 0 Å². The van der Waals surface area contributed by atoms with Crippen LogP contribution in [0.3, 0.4) is 0 Å². The molecule has 0 aliphatic rings. The van der Waals surface area contributed by atoms with Gasteiger partial charge in [0.25, 0.3) is 0 Å². The molecule has 0 aromatic rings. The third-order valence-electron chi connectivity index (χ3n) is 8.14. The first-order valence-corrected chi connectivity index (χ1v) is 18.6. The third kappa shape index (κ3) is 31.8. The molecule has 0 heterocycles. The van der Waals surface area contributed by atoms with Crippen LogP contribution in [0.25, 0.3) is 0 Å². The smallest absolute Gasteiger partial charge is 0.306 e. The van der Waals surface area contributed by atoms with Gasteiger partial charge in [-0.3, -0.25) is 9.59 Å². The van der Waals surface area contributed by atoms with Crippen LogP contribution < -0.4 is 0 Å². The fraction of sp³-hybridized carbons (Fsp3) is 0.946. The van der Waals surface area contributed by atoms with Gasteiger partial charge in [-0.15, -0.1) is 0 Å². The second-order valence-electron chi connectivity index (χ2n) is 12.5. The number of unbranched alkanes of at least 4 members (excludes halogenated alkanes) is 23. The van der Waals surface area contributed by atoms with Crippen molar-refractivity contribution in [3.63, 3.8) is 0 Å². The molecule has 1 unspecified atom stereocenters. The van der Waals surface area contributed by atoms with E-state index in [9.17, 15) is 9.59 Å². The van der Waals surface area contributed by atoms with Gasteiger partial charge in [0.2, 0.25) is 0 Å². The summed E-state index contributed by atoms with van der Waals surface area (Å²) in [5, 5.41) is 0. The molecule has 0 N–H and O–H groups in total. The SMILES string of the molecule is CCCCCCCCCCCCCCOCC(COC(=O)CCCCCCCCC)OC(=O)CCCCCCCCC. The number of esters is 2. The predicted octanol–water partition coefficient (Wildman–Crippen LogP) is 11.4. The highest BCUT2D eigenvalue weighted by molar-refractivity contribution is 5.70. The van der Waals surface area contributed by atoms with E-state index in [1.54, 1.807) is 0 Å². The van der Waals surface area contributed by atoms with Gasteiger partial charge in [-0.1, -0.05) is 168 Å². The molecule has 5 heteroatoms. The van der Waals surface area contributed by atoms with Crippen LogP contribution in [0.1, 0.15) is 201 Å². The van der Waals surface area contributed by atoms with Crippen molar-refractivity contribution in [2.45, 2.75) is 207 Å². The molecule has 0 aromatic carbocycles. The number of carbonyl (C=O) groups is 2. The van der Waals surface area contributed by atoms with E-state index in [0.29, 0.717) is 26.1 Å². The lowest BCUT2D eigenvalue weighted by atomic mass is 10.1. The van der Waals surface area contributed by atoms with E-state index in [1.165, 1.54) is 135 Å². The maximum Gasteiger partial charge on any atom is 0.306 e. The maximum absolute atomic E-state index is 12.5. The molecule has 0 radical (unpaired) electrons. The summed E-state index contributed by atoms with van der Waals surface area (Å²) >= 11 is 0. The van der Waals surface area contributed by atoms with E-state index < -0.39 is 6.10 Å². The molecule has 0 spiro atoms. The normalized spacial score (nSPS) is 12.0. The standard InChI is InChI=1S/C37H72O5/c1-4-7-10-13-16-17-18-19-20-23-26-29-32-40-33-35(42-37(39)31-28-25-22-15-12-9-6-3)34-41-36(38)30-27-24-21-14-11-8-5-2/h35H,4-34H2,1-3H3. The molecule has 0 saturated heterocycles. The predicted molar refractivity (Wildman–Crippen MR) is 178 cm³/mol. The summed E-state index contributed by atoms with van der Waals surface area (Å²) in [4.78, 5) is 24.8. The van der Waals surface area contributed by atoms with Gasteiger partial charge < -0.3 is 14.2 Å². The van der Waals surface area contributed by atoms with E-state index in [0.717, 1.165) is 32.1 Å². The highest BCUT2D eigenvalue weighted by Gasteiger charge is 2.17. The van der Waals surface area contributed by atoms with Gasteiger partial charge in [0.05, 0.1) is 6.61 Å². The van der Waals surface area contributed by atoms with E-state index >= 15 is 0 Å². The average Bonchev–Trinajstić information content (AvgIpc) is 2.99. The van der Waals surface area contributed by atoms with E-state index in [-0.39, 0.29) is 18.5 Å². The van der Waals surface area contributed by atoms with Gasteiger partial charge in [-0.05, 0) is 19.3 Å². The Kier molecular flexibility index (Phi) is 33.5. The van der Waals surface area contributed by atoms with Crippen molar-refractivity contribution in [3.8, 4) is 0 Å². The largest absolute Gasteiger partial charge is 0.462 e. The molecule has 1 atom stereocenters. The minimum atomic E-state index is -0.516. The molecule has 0 aromatic heterocycles. The van der Waals surface area contributed by atoms with Crippen molar-refractivity contribution in [1.29, 1.82) is 0 Å². The Hall–Kier alpha value is -1.10. The quantitative estimate of drug-likeness (QED) is 0.0546. The van der Waals surface area contributed by atoms with Crippen molar-refractivity contribution in [3.05, 3.63) is 0 Å². The lowest BCUT2D eigenvalue weighted by Crippen LogP contribution is -2.30. The monoisotopic (exact) mass is 597 g/mol. The molecular formula is C37H72O5. The van der Waals surface area contributed by atoms with Crippen molar-refractivity contribution < 1.29 is 23.8 Å². The molecular weight excluding hydrogens is 524 g/mol. The van der Waals surface area contributed by atoms with Crippen LogP contribution in [0.4, 0.5) is 0 Å². The molecule has 0 rings (SSSR count). The van der Waals surface area contributed by atoms with E-state index in [2.05, 4.69) is 20.8 Å². The summed E-state index contributed by atoms with van der Waals surface area (Å²) in [6, 6.07) is 0. The Labute approximate surface area is 262 Å². The van der Waals surface area contributed by atoms with Crippen LogP contribution >= 0.6 is 0 Å². The number of hydrogen-bond acceptors (Lipinski definition) is 5. The first-order chi connectivity index (χ1) is 20.6. The Morgan fingerprint density at radius 2 is 0.786 bits per heavy atom. The molecule has 0 aliphatic heterocycles. The highest BCUT2D eigenvalue weighted by Crippen LogP contribution is 2.13. The van der Waals surface area contributed by atoms with Crippen LogP contribution in [0.15, 0.2) is 0 Å². The van der Waals surface area contributed by atoms with E-state index in [1.807, 2.05) is 0 Å². The van der Waals surface area contributed by atoms with Gasteiger partial charge in [0, 0.05) is 19.4 Å². The molecule has 5 nitrogen and oxygen atoms in total. The zero-order valence-corrected chi connectivity index (χ0v) is 28.5. The summed E-state index contributed by atoms with van der Waals surface area (Å²) in [5.41, 5.74) is 0. The Morgan fingerprint density at radius 1 is 0.429 bits per heavy atom. The topological polar surface area (TPSA) is 61.8 Å². The second kappa shape index (κ2) is 34.4. The molecule has 0 fully saturated rings. The first-order valence-electron chi connectivity index (χ1n) is 18.6. The lowest BCUT2D eigenvalue weighted by Gasteiger charge is -2.18. The molecule has 250 valence electrons. The third-order valence-corrected chi connectivity index (χ3v) is 8.14. The fourth-order valence-corrected chi connectivity index (χ4v) is 5.33. The summed E-state index contributed by atoms with van der Waals surface area (Å²) < 4.78 is 17.1. The summed E-state index contributed by atoms with van der Waals surface area (Å²) in [6.07, 6.45) is 32.4. The van der Waals surface area contributed by atoms with Gasteiger partial charge in [-0.2, -0.15) is 0 Å². The minimum Gasteiger partial charge on any atom is -0.462 e. The Balaban J connectivity index is 4.14. The Bertz CT molecular complexity index is 564. The summed E-state index contributed by atoms with van der Waals surface area (Å²) in [5.74, 6) is -0.400. The Morgan fingerprint density at radius 3 is 1.21 bits per heavy atom. The minimum absolute atomic E-state index is 0.0938. The molecule has 0 bridgehead atoms. The number of ether oxygens (including phenoxy) is 3. The van der Waals surface area contributed by atoms with Gasteiger partial charge in [0.1, 0.15) is 6.61 Å². The first kappa shape index (κ1) is 40.9. The van der Waals surface area contributed by atoms with Gasteiger partial charge >= 0.3 is 11.9 Å². The van der Waals surface area contributed by atoms with Crippen LogP contribution in [0.5, 0.6) is 0 Å². The van der Waals surface area contributed by atoms with Crippen LogP contribution in [-0.2, 0) is 23.8 Å². The van der Waals surface area contributed by atoms with Gasteiger partial charge in [-0.25, -0.2) is 0 Å². The number of rotatable bonds is 34. The maximum atomic E-state index is 12.5. The molecule has 0 aliphatic carbocycles. The number of carbonyl (C=O) groups excluding carboxylic acids is 2. The highest BCUT2D eigenvalue weighted by atomic mass is 16.6. The van der Waals surface area contributed by atoms with Crippen molar-refractivity contribution in [2.24, 2.45) is 0 Å². The zero-order chi connectivity index (χ0) is 30.8. The van der Waals surface area contributed by atoms with Crippen LogP contribution in [-0.4, -0.2) is 37.9 Å². The average molecular weight is 597 g/mol. The van der Waals surface area contributed by atoms with Crippen molar-refractivity contribution in [1.82, 2.24) is 0 Å². The van der Waals surface area contributed by atoms with Gasteiger partial charge in [0.15, 0.2) is 6.10 Å². The lowest BCUT2D eigenvalue weighted by molar-refractivity contribution is -0.163. The second-order valence-corrected chi connectivity index (χ2v) is 12.5. The zero-order valence-electron chi connectivity index (χ0n) is 28.5.